The summed E-state index contributed by atoms with van der Waals surface area (Å²) in [6, 6.07) is -0.117. The average molecular weight is 236 g/mol. The molecule has 0 aromatic heterocycles. The van der Waals surface area contributed by atoms with Gasteiger partial charge in [0.15, 0.2) is 5.75 Å². The van der Waals surface area contributed by atoms with E-state index in [0.29, 0.717) is 6.54 Å². The average Bonchev–Trinajstić information content (AvgIpc) is 2.17. The molecule has 0 saturated carbocycles. The molecule has 0 aliphatic carbocycles. The molecule has 0 radical (unpaired) electrons. The summed E-state index contributed by atoms with van der Waals surface area (Å²) in [6.45, 7) is 1.52. The van der Waals surface area contributed by atoms with Crippen molar-refractivity contribution in [3.8, 4) is 0 Å². The Balaban J connectivity index is 2.44. The minimum absolute atomic E-state index is 0.117. The number of methoxy groups -OCH3 is 1. The van der Waals surface area contributed by atoms with E-state index in [9.17, 15) is 13.2 Å². The normalized spacial score (nSPS) is 22.3. The molecule has 0 aromatic carbocycles. The lowest BCUT2D eigenvalue weighted by Gasteiger charge is -2.23. The number of piperidine rings is 1. The van der Waals surface area contributed by atoms with Crippen molar-refractivity contribution >= 4 is 16.0 Å². The van der Waals surface area contributed by atoms with Crippen LogP contribution in [0.4, 0.5) is 0 Å². The summed E-state index contributed by atoms with van der Waals surface area (Å²) in [5, 5.41) is 3.08. The van der Waals surface area contributed by atoms with Crippen LogP contribution in [-0.4, -0.2) is 46.4 Å². The molecule has 0 amide bonds. The first-order chi connectivity index (χ1) is 7.03. The fourth-order valence-electron chi connectivity index (χ4n) is 1.46. The monoisotopic (exact) mass is 236 g/mol. The largest absolute Gasteiger partial charge is 0.468 e. The fourth-order valence-corrected chi connectivity index (χ4v) is 2.68. The molecule has 1 heterocycles. The fraction of sp³-hybridized carbons (Fsp3) is 0.875. The van der Waals surface area contributed by atoms with E-state index in [1.54, 1.807) is 0 Å². The molecule has 88 valence electrons. The highest BCUT2D eigenvalue weighted by Crippen LogP contribution is 2.03. The van der Waals surface area contributed by atoms with Crippen molar-refractivity contribution in [3.63, 3.8) is 0 Å². The molecule has 1 fully saturated rings. The van der Waals surface area contributed by atoms with Gasteiger partial charge in [0, 0.05) is 12.6 Å². The maximum atomic E-state index is 11.4. The number of hydrogen-bond donors (Lipinski definition) is 2. The Labute approximate surface area is 89.4 Å². The smallest absolute Gasteiger partial charge is 0.322 e. The Morgan fingerprint density at radius 2 is 2.33 bits per heavy atom. The van der Waals surface area contributed by atoms with Crippen molar-refractivity contribution in [2.24, 2.45) is 0 Å². The lowest BCUT2D eigenvalue weighted by Crippen LogP contribution is -2.47. The first-order valence-corrected chi connectivity index (χ1v) is 6.46. The van der Waals surface area contributed by atoms with Crippen LogP contribution in [0.15, 0.2) is 0 Å². The van der Waals surface area contributed by atoms with Crippen molar-refractivity contribution in [1.82, 2.24) is 10.0 Å². The molecule has 1 atom stereocenters. The molecule has 0 aromatic rings. The van der Waals surface area contributed by atoms with Crippen molar-refractivity contribution < 1.29 is 17.9 Å². The van der Waals surface area contributed by atoms with Crippen LogP contribution in [0, 0.1) is 0 Å². The zero-order valence-electron chi connectivity index (χ0n) is 8.65. The second-order valence-electron chi connectivity index (χ2n) is 3.50. The van der Waals surface area contributed by atoms with E-state index >= 15 is 0 Å². The van der Waals surface area contributed by atoms with Crippen LogP contribution in [0.2, 0.25) is 0 Å². The van der Waals surface area contributed by atoms with Gasteiger partial charge in [0.05, 0.1) is 7.11 Å². The summed E-state index contributed by atoms with van der Waals surface area (Å²) >= 11 is 0. The zero-order valence-corrected chi connectivity index (χ0v) is 9.47. The van der Waals surface area contributed by atoms with Crippen LogP contribution in [0.1, 0.15) is 12.8 Å². The molecule has 0 bridgehead atoms. The van der Waals surface area contributed by atoms with Crippen LogP contribution in [0.3, 0.4) is 0 Å². The Bertz CT molecular complexity index is 309. The van der Waals surface area contributed by atoms with E-state index in [4.69, 9.17) is 0 Å². The van der Waals surface area contributed by atoms with Crippen LogP contribution in [-0.2, 0) is 19.6 Å². The van der Waals surface area contributed by atoms with E-state index in [-0.39, 0.29) is 6.04 Å². The van der Waals surface area contributed by atoms with Crippen molar-refractivity contribution in [1.29, 1.82) is 0 Å². The van der Waals surface area contributed by atoms with Gasteiger partial charge in [-0.3, -0.25) is 4.79 Å². The predicted octanol–water partition coefficient (Wildman–Crippen LogP) is -1.17. The number of esters is 1. The topological polar surface area (TPSA) is 84.5 Å². The van der Waals surface area contributed by atoms with Gasteiger partial charge in [0.25, 0.3) is 0 Å². The molecule has 1 rings (SSSR count). The van der Waals surface area contributed by atoms with E-state index in [1.165, 1.54) is 7.11 Å². The maximum Gasteiger partial charge on any atom is 0.322 e. The quantitative estimate of drug-likeness (QED) is 0.601. The highest BCUT2D eigenvalue weighted by Gasteiger charge is 2.22. The van der Waals surface area contributed by atoms with Gasteiger partial charge >= 0.3 is 5.97 Å². The van der Waals surface area contributed by atoms with E-state index < -0.39 is 21.7 Å². The summed E-state index contributed by atoms with van der Waals surface area (Å²) in [5.41, 5.74) is 0. The molecule has 1 aliphatic rings. The van der Waals surface area contributed by atoms with Gasteiger partial charge in [0.1, 0.15) is 0 Å². The van der Waals surface area contributed by atoms with Gasteiger partial charge in [-0.05, 0) is 19.4 Å². The molecular formula is C8H16N2O4S. The van der Waals surface area contributed by atoms with Gasteiger partial charge in [-0.1, -0.05) is 0 Å². The molecule has 15 heavy (non-hydrogen) atoms. The Hall–Kier alpha value is -0.660. The SMILES string of the molecule is COC(=O)CS(=O)(=O)N[C@H]1CCCNC1. The number of rotatable bonds is 4. The molecular weight excluding hydrogens is 220 g/mol. The summed E-state index contributed by atoms with van der Waals surface area (Å²) in [5.74, 6) is -1.36. The third kappa shape index (κ3) is 4.59. The molecule has 1 saturated heterocycles. The number of hydrogen-bond acceptors (Lipinski definition) is 5. The molecule has 7 heteroatoms. The van der Waals surface area contributed by atoms with Crippen LogP contribution in [0.25, 0.3) is 0 Å². The molecule has 2 N–H and O–H groups in total. The van der Waals surface area contributed by atoms with E-state index in [0.717, 1.165) is 19.4 Å². The molecule has 0 spiro atoms. The maximum absolute atomic E-state index is 11.4. The lowest BCUT2D eigenvalue weighted by molar-refractivity contribution is -0.137. The Morgan fingerprint density at radius 3 is 2.87 bits per heavy atom. The number of ether oxygens (including phenoxy) is 1. The highest BCUT2D eigenvalue weighted by atomic mass is 32.2. The van der Waals surface area contributed by atoms with Gasteiger partial charge in [0.2, 0.25) is 10.0 Å². The summed E-state index contributed by atoms with van der Waals surface area (Å²) < 4.78 is 29.6. The van der Waals surface area contributed by atoms with Crippen LogP contribution < -0.4 is 10.0 Å². The second kappa shape index (κ2) is 5.43. The Morgan fingerprint density at radius 1 is 1.60 bits per heavy atom. The first-order valence-electron chi connectivity index (χ1n) is 4.81. The summed E-state index contributed by atoms with van der Waals surface area (Å²) in [4.78, 5) is 10.8. The minimum Gasteiger partial charge on any atom is -0.468 e. The Kier molecular flexibility index (Phi) is 4.49. The third-order valence-electron chi connectivity index (χ3n) is 2.18. The van der Waals surface area contributed by atoms with Crippen molar-refractivity contribution in [2.45, 2.75) is 18.9 Å². The molecule has 1 aliphatic heterocycles. The molecule has 6 nitrogen and oxygen atoms in total. The first kappa shape index (κ1) is 12.4. The third-order valence-corrected chi connectivity index (χ3v) is 3.49. The highest BCUT2D eigenvalue weighted by molar-refractivity contribution is 7.90. The number of nitrogens with one attached hydrogen (secondary N) is 2. The van der Waals surface area contributed by atoms with Gasteiger partial charge < -0.3 is 10.1 Å². The van der Waals surface area contributed by atoms with Gasteiger partial charge in [-0.15, -0.1) is 0 Å². The van der Waals surface area contributed by atoms with E-state index in [2.05, 4.69) is 14.8 Å². The standard InChI is InChI=1S/C8H16N2O4S/c1-14-8(11)6-15(12,13)10-7-3-2-4-9-5-7/h7,9-10H,2-6H2,1H3/t7-/m0/s1. The minimum atomic E-state index is -3.56. The molecule has 0 unspecified atom stereocenters. The summed E-state index contributed by atoms with van der Waals surface area (Å²) in [7, 11) is -2.39. The number of sulfonamides is 1. The number of carbonyl (C=O) groups excluding carboxylic acids is 1. The van der Waals surface area contributed by atoms with Gasteiger partial charge in [-0.25, -0.2) is 13.1 Å². The van der Waals surface area contributed by atoms with Crippen molar-refractivity contribution in [2.75, 3.05) is 26.0 Å². The lowest BCUT2D eigenvalue weighted by atomic mass is 10.1. The van der Waals surface area contributed by atoms with Crippen molar-refractivity contribution in [3.05, 3.63) is 0 Å². The second-order valence-corrected chi connectivity index (χ2v) is 5.25. The number of carbonyl (C=O) groups is 1. The predicted molar refractivity (Wildman–Crippen MR) is 54.8 cm³/mol. The van der Waals surface area contributed by atoms with Gasteiger partial charge in [-0.2, -0.15) is 0 Å². The summed E-state index contributed by atoms with van der Waals surface area (Å²) in [6.07, 6.45) is 1.73. The zero-order chi connectivity index (χ0) is 11.3. The van der Waals surface area contributed by atoms with Crippen LogP contribution >= 0.6 is 0 Å². The van der Waals surface area contributed by atoms with E-state index in [1.807, 2.05) is 0 Å². The van der Waals surface area contributed by atoms with Crippen LogP contribution in [0.5, 0.6) is 0 Å².